The second kappa shape index (κ2) is 9.08. The molecule has 8 heteroatoms. The zero-order valence-electron chi connectivity index (χ0n) is 16.3. The molecule has 0 spiro atoms. The predicted molar refractivity (Wildman–Crippen MR) is 120 cm³/mol. The average Bonchev–Trinajstić information content (AvgIpc) is 3.36. The van der Waals surface area contributed by atoms with E-state index in [9.17, 15) is 9.59 Å². The van der Waals surface area contributed by atoms with E-state index < -0.39 is 0 Å². The number of rotatable bonds is 5. The van der Waals surface area contributed by atoms with E-state index in [1.807, 2.05) is 34.9 Å². The molecule has 4 rings (SSSR count). The molecule has 2 unspecified atom stereocenters. The van der Waals surface area contributed by atoms with E-state index in [1.165, 1.54) is 4.88 Å². The van der Waals surface area contributed by atoms with Gasteiger partial charge in [0, 0.05) is 44.1 Å². The number of hydrogen-bond donors (Lipinski definition) is 0. The second-order valence-corrected chi connectivity index (χ2v) is 10.1. The SMILES string of the molecule is CC1SC(c2cccs2)N(CCN2CCN(C(=O)c3ccccc3Cl)CC2)C1=O. The van der Waals surface area contributed by atoms with Gasteiger partial charge < -0.3 is 9.80 Å². The van der Waals surface area contributed by atoms with Crippen LogP contribution < -0.4 is 0 Å². The lowest BCUT2D eigenvalue weighted by atomic mass is 10.2. The molecule has 0 bridgehead atoms. The van der Waals surface area contributed by atoms with Crippen molar-refractivity contribution in [2.24, 2.45) is 0 Å². The minimum absolute atomic E-state index is 0.00652. The molecule has 0 N–H and O–H groups in total. The Morgan fingerprint density at radius 3 is 2.55 bits per heavy atom. The first-order valence-corrected chi connectivity index (χ1v) is 12.0. The molecule has 2 aliphatic rings. The van der Waals surface area contributed by atoms with Crippen molar-refractivity contribution in [2.45, 2.75) is 17.5 Å². The lowest BCUT2D eigenvalue weighted by Crippen LogP contribution is -2.50. The molecule has 29 heavy (non-hydrogen) atoms. The highest BCUT2D eigenvalue weighted by Crippen LogP contribution is 2.44. The van der Waals surface area contributed by atoms with Gasteiger partial charge >= 0.3 is 0 Å². The summed E-state index contributed by atoms with van der Waals surface area (Å²) in [6.07, 6.45) is 0. The van der Waals surface area contributed by atoms with E-state index >= 15 is 0 Å². The third-order valence-electron chi connectivity index (χ3n) is 5.45. The Bertz CT molecular complexity index is 869. The van der Waals surface area contributed by atoms with Gasteiger partial charge in [-0.25, -0.2) is 0 Å². The highest BCUT2D eigenvalue weighted by atomic mass is 35.5. The first kappa shape index (κ1) is 20.7. The maximum atomic E-state index is 12.7. The van der Waals surface area contributed by atoms with Crippen LogP contribution in [0.3, 0.4) is 0 Å². The molecule has 5 nitrogen and oxygen atoms in total. The zero-order valence-corrected chi connectivity index (χ0v) is 18.7. The van der Waals surface area contributed by atoms with Crippen molar-refractivity contribution in [3.05, 3.63) is 57.2 Å². The molecule has 1 aromatic carbocycles. The number of piperazine rings is 1. The largest absolute Gasteiger partial charge is 0.336 e. The normalized spacial score (nSPS) is 23.0. The minimum Gasteiger partial charge on any atom is -0.336 e. The number of benzene rings is 1. The van der Waals surface area contributed by atoms with Gasteiger partial charge in [0.2, 0.25) is 5.91 Å². The molecule has 2 amide bonds. The molecule has 2 aromatic rings. The van der Waals surface area contributed by atoms with Gasteiger partial charge in [0.05, 0.1) is 15.8 Å². The quantitative estimate of drug-likeness (QED) is 0.696. The zero-order chi connectivity index (χ0) is 20.4. The molecule has 154 valence electrons. The minimum atomic E-state index is -0.00652. The van der Waals surface area contributed by atoms with Gasteiger partial charge in [-0.05, 0) is 30.5 Å². The number of hydrogen-bond acceptors (Lipinski definition) is 5. The van der Waals surface area contributed by atoms with Crippen molar-refractivity contribution in [3.8, 4) is 0 Å². The number of carbonyl (C=O) groups excluding carboxylic acids is 2. The molecular weight excluding hydrogens is 426 g/mol. The molecule has 3 heterocycles. The summed E-state index contributed by atoms with van der Waals surface area (Å²) >= 11 is 9.62. The third kappa shape index (κ3) is 4.48. The van der Waals surface area contributed by atoms with Gasteiger partial charge in [0.1, 0.15) is 5.37 Å². The summed E-state index contributed by atoms with van der Waals surface area (Å²) in [6, 6.07) is 11.4. The predicted octanol–water partition coefficient (Wildman–Crippen LogP) is 3.82. The lowest BCUT2D eigenvalue weighted by Gasteiger charge is -2.36. The first-order valence-electron chi connectivity index (χ1n) is 9.80. The molecule has 2 saturated heterocycles. The van der Waals surface area contributed by atoms with E-state index in [2.05, 4.69) is 16.3 Å². The van der Waals surface area contributed by atoms with Crippen LogP contribution in [0.1, 0.15) is 27.5 Å². The Kier molecular flexibility index (Phi) is 6.49. The van der Waals surface area contributed by atoms with Gasteiger partial charge in [-0.1, -0.05) is 29.8 Å². The molecule has 0 aliphatic carbocycles. The summed E-state index contributed by atoms with van der Waals surface area (Å²) in [4.78, 5) is 32.8. The molecule has 0 saturated carbocycles. The number of thiophene rings is 1. The van der Waals surface area contributed by atoms with Crippen LogP contribution in [0.15, 0.2) is 41.8 Å². The fourth-order valence-corrected chi connectivity index (χ4v) is 6.26. The van der Waals surface area contributed by atoms with Crippen LogP contribution in [-0.4, -0.2) is 71.0 Å². The average molecular weight is 450 g/mol. The highest BCUT2D eigenvalue weighted by Gasteiger charge is 2.39. The van der Waals surface area contributed by atoms with Gasteiger partial charge in [-0.2, -0.15) is 0 Å². The third-order valence-corrected chi connectivity index (χ3v) is 8.23. The van der Waals surface area contributed by atoms with Gasteiger partial charge in [0.15, 0.2) is 0 Å². The topological polar surface area (TPSA) is 43.9 Å². The Morgan fingerprint density at radius 1 is 1.10 bits per heavy atom. The fraction of sp³-hybridized carbons (Fsp3) is 0.429. The second-order valence-electron chi connectivity index (χ2n) is 7.29. The number of thioether (sulfide) groups is 1. The maximum Gasteiger partial charge on any atom is 0.255 e. The van der Waals surface area contributed by atoms with E-state index in [0.29, 0.717) is 23.7 Å². The van der Waals surface area contributed by atoms with Crippen LogP contribution >= 0.6 is 34.7 Å². The Labute approximate surface area is 184 Å². The lowest BCUT2D eigenvalue weighted by molar-refractivity contribution is -0.130. The smallest absolute Gasteiger partial charge is 0.255 e. The van der Waals surface area contributed by atoms with E-state index in [1.54, 1.807) is 35.2 Å². The highest BCUT2D eigenvalue weighted by molar-refractivity contribution is 8.01. The number of amides is 2. The fourth-order valence-electron chi connectivity index (χ4n) is 3.78. The number of nitrogens with zero attached hydrogens (tertiary/aromatic N) is 3. The Hall–Kier alpha value is -1.54. The Morgan fingerprint density at radius 2 is 1.86 bits per heavy atom. The van der Waals surface area contributed by atoms with Crippen molar-refractivity contribution >= 4 is 46.5 Å². The van der Waals surface area contributed by atoms with Gasteiger partial charge in [-0.3, -0.25) is 14.5 Å². The molecule has 0 radical (unpaired) electrons. The standard InChI is InChI=1S/C21H24ClN3O2S2/c1-15-19(26)25(21(29-15)18-7-4-14-28-18)13-10-23-8-11-24(12-9-23)20(27)16-5-2-3-6-17(16)22/h2-7,14-15,21H,8-13H2,1H3. The van der Waals surface area contributed by atoms with Crippen LogP contribution in [0.4, 0.5) is 0 Å². The van der Waals surface area contributed by atoms with E-state index in [0.717, 1.165) is 26.2 Å². The summed E-state index contributed by atoms with van der Waals surface area (Å²) in [5.74, 6) is 0.217. The Balaban J connectivity index is 1.31. The van der Waals surface area contributed by atoms with Gasteiger partial charge in [0.25, 0.3) is 5.91 Å². The number of carbonyl (C=O) groups is 2. The molecule has 1 aromatic heterocycles. The van der Waals surface area contributed by atoms with Crippen LogP contribution in [0.2, 0.25) is 5.02 Å². The summed E-state index contributed by atoms with van der Waals surface area (Å²) in [6.45, 7) is 6.52. The summed E-state index contributed by atoms with van der Waals surface area (Å²) in [7, 11) is 0. The van der Waals surface area contributed by atoms with Crippen molar-refractivity contribution in [1.29, 1.82) is 0 Å². The molecule has 2 atom stereocenters. The van der Waals surface area contributed by atoms with E-state index in [4.69, 9.17) is 11.6 Å². The van der Waals surface area contributed by atoms with Crippen LogP contribution in [0.25, 0.3) is 0 Å². The van der Waals surface area contributed by atoms with E-state index in [-0.39, 0.29) is 22.4 Å². The van der Waals surface area contributed by atoms with Crippen molar-refractivity contribution in [2.75, 3.05) is 39.3 Å². The van der Waals surface area contributed by atoms with Crippen LogP contribution in [-0.2, 0) is 4.79 Å². The van der Waals surface area contributed by atoms with Crippen LogP contribution in [0, 0.1) is 0 Å². The summed E-state index contributed by atoms with van der Waals surface area (Å²) in [5, 5.41) is 2.70. The van der Waals surface area contributed by atoms with Crippen LogP contribution in [0.5, 0.6) is 0 Å². The monoisotopic (exact) mass is 449 g/mol. The van der Waals surface area contributed by atoms with Crippen molar-refractivity contribution < 1.29 is 9.59 Å². The maximum absolute atomic E-state index is 12.7. The van der Waals surface area contributed by atoms with Crippen molar-refractivity contribution in [3.63, 3.8) is 0 Å². The first-order chi connectivity index (χ1) is 14.0. The molecular formula is C21H24ClN3O2S2. The van der Waals surface area contributed by atoms with Gasteiger partial charge in [-0.15, -0.1) is 23.1 Å². The van der Waals surface area contributed by atoms with Crippen molar-refractivity contribution in [1.82, 2.24) is 14.7 Å². The molecule has 2 aliphatic heterocycles. The summed E-state index contributed by atoms with van der Waals surface area (Å²) in [5.41, 5.74) is 0.565. The molecule has 2 fully saturated rings. The summed E-state index contributed by atoms with van der Waals surface area (Å²) < 4.78 is 0. The number of halogens is 1.